The predicted molar refractivity (Wildman–Crippen MR) is 108 cm³/mol. The lowest BCUT2D eigenvalue weighted by Crippen LogP contribution is -2.35. The summed E-state index contributed by atoms with van der Waals surface area (Å²) in [5, 5.41) is 13.2. The Morgan fingerprint density at radius 1 is 1.33 bits per heavy atom. The number of thiophene rings is 1. The van der Waals surface area contributed by atoms with E-state index < -0.39 is 0 Å². The number of benzene rings is 1. The Labute approximate surface area is 171 Å². The topological polar surface area (TPSA) is 66.2 Å². The maximum atomic E-state index is 12.7. The average Bonchev–Trinajstić information content (AvgIpc) is 3.08. The van der Waals surface area contributed by atoms with Gasteiger partial charge < -0.3 is 20.1 Å². The molecule has 1 aromatic carbocycles. The number of carbonyl (C=O) groups is 1. The minimum absolute atomic E-state index is 0.137. The smallest absolute Gasteiger partial charge is 0.260 e. The van der Waals surface area contributed by atoms with Gasteiger partial charge in [0.15, 0.2) is 0 Å². The number of nitrogens with zero attached hydrogens (tertiary/aromatic N) is 2. The van der Waals surface area contributed by atoms with Gasteiger partial charge in [-0.15, -0.1) is 11.3 Å². The largest absolute Gasteiger partial charge is 0.395 e. The zero-order valence-electron chi connectivity index (χ0n) is 14.3. The van der Waals surface area contributed by atoms with Crippen molar-refractivity contribution in [3.05, 3.63) is 44.5 Å². The van der Waals surface area contributed by atoms with Crippen molar-refractivity contribution in [2.45, 2.75) is 0 Å². The van der Waals surface area contributed by atoms with Crippen LogP contribution >= 0.6 is 34.5 Å². The second-order valence-electron chi connectivity index (χ2n) is 5.78. The van der Waals surface area contributed by atoms with Crippen molar-refractivity contribution < 1.29 is 14.6 Å². The van der Waals surface area contributed by atoms with Crippen molar-refractivity contribution in [1.82, 2.24) is 5.32 Å². The predicted octanol–water partition coefficient (Wildman–Crippen LogP) is 3.83. The molecular weight excluding hydrogens is 409 g/mol. The molecule has 2 N–H and O–H groups in total. The number of rotatable bonds is 5. The van der Waals surface area contributed by atoms with Crippen molar-refractivity contribution >= 4 is 51.1 Å². The summed E-state index contributed by atoms with van der Waals surface area (Å²) in [6, 6.07) is 5.05. The molecule has 1 aliphatic rings. The molecule has 1 aliphatic heterocycles. The molecule has 0 spiro atoms. The van der Waals surface area contributed by atoms with Crippen LogP contribution in [-0.4, -0.2) is 50.5 Å². The first-order valence-corrected chi connectivity index (χ1v) is 9.85. The Morgan fingerprint density at radius 3 is 2.70 bits per heavy atom. The molecule has 1 aromatic heterocycles. The van der Waals surface area contributed by atoms with Crippen LogP contribution in [0.3, 0.4) is 0 Å². The van der Waals surface area contributed by atoms with Crippen molar-refractivity contribution in [1.29, 1.82) is 0 Å². The van der Waals surface area contributed by atoms with E-state index in [2.05, 4.69) is 15.1 Å². The highest BCUT2D eigenvalue weighted by molar-refractivity contribution is 7.19. The Hall–Kier alpha value is -1.82. The lowest BCUT2D eigenvalue weighted by molar-refractivity contribution is 0.0949. The minimum Gasteiger partial charge on any atom is -0.395 e. The standard InChI is InChI=1S/C18H17Cl2N3O3S/c1-21-15-14(11-2-3-12(19)13(20)10-11)16(17(25)22-4-7-24)27-18(15)23-5-8-26-9-6-23/h2-3,10,24H,4-9H2,(H,22,25). The quantitative estimate of drug-likeness (QED) is 0.714. The molecule has 2 heterocycles. The number of nitrogens with one attached hydrogen (secondary N) is 1. The number of halogens is 2. The van der Waals surface area contributed by atoms with Gasteiger partial charge in [0.2, 0.25) is 5.69 Å². The zero-order valence-corrected chi connectivity index (χ0v) is 16.6. The van der Waals surface area contributed by atoms with E-state index in [1.807, 2.05) is 0 Å². The zero-order chi connectivity index (χ0) is 19.4. The van der Waals surface area contributed by atoms with Crippen LogP contribution in [0.15, 0.2) is 18.2 Å². The summed E-state index contributed by atoms with van der Waals surface area (Å²) in [4.78, 5) is 18.9. The van der Waals surface area contributed by atoms with Gasteiger partial charge in [0.1, 0.15) is 0 Å². The van der Waals surface area contributed by atoms with Gasteiger partial charge in [-0.3, -0.25) is 4.79 Å². The molecule has 0 bridgehead atoms. The number of aliphatic hydroxyl groups excluding tert-OH is 1. The van der Waals surface area contributed by atoms with Gasteiger partial charge in [0.25, 0.3) is 5.91 Å². The summed E-state index contributed by atoms with van der Waals surface area (Å²) in [5.41, 5.74) is 1.60. The molecular formula is C18H17Cl2N3O3S. The molecule has 0 radical (unpaired) electrons. The number of aliphatic hydroxyl groups is 1. The summed E-state index contributed by atoms with van der Waals surface area (Å²) in [5.74, 6) is -0.334. The first-order chi connectivity index (χ1) is 13.1. The summed E-state index contributed by atoms with van der Waals surface area (Å²) in [6.45, 7) is 10.2. The van der Waals surface area contributed by atoms with Crippen LogP contribution in [-0.2, 0) is 4.74 Å². The van der Waals surface area contributed by atoms with E-state index in [-0.39, 0.29) is 19.1 Å². The number of ether oxygens (including phenoxy) is 1. The third-order valence-electron chi connectivity index (χ3n) is 4.09. The fraction of sp³-hybridized carbons (Fsp3) is 0.333. The molecule has 1 saturated heterocycles. The van der Waals surface area contributed by atoms with Gasteiger partial charge in [-0.2, -0.15) is 0 Å². The highest BCUT2D eigenvalue weighted by atomic mass is 35.5. The minimum atomic E-state index is -0.334. The first-order valence-electron chi connectivity index (χ1n) is 8.28. The fourth-order valence-corrected chi connectivity index (χ4v) is 4.35. The van der Waals surface area contributed by atoms with E-state index in [4.69, 9.17) is 39.6 Å². The monoisotopic (exact) mass is 425 g/mol. The molecule has 3 rings (SSSR count). The summed E-state index contributed by atoms with van der Waals surface area (Å²) in [7, 11) is 0. The molecule has 1 fully saturated rings. The Balaban J connectivity index is 2.15. The number of hydrogen-bond donors (Lipinski definition) is 2. The molecule has 1 amide bonds. The molecule has 0 aliphatic carbocycles. The summed E-state index contributed by atoms with van der Waals surface area (Å²) < 4.78 is 5.39. The van der Waals surface area contributed by atoms with Gasteiger partial charge in [-0.1, -0.05) is 29.3 Å². The highest BCUT2D eigenvalue weighted by Gasteiger charge is 2.28. The second-order valence-corrected chi connectivity index (χ2v) is 7.59. The molecule has 27 heavy (non-hydrogen) atoms. The van der Waals surface area contributed by atoms with E-state index in [1.54, 1.807) is 18.2 Å². The Kier molecular flexibility index (Phi) is 6.58. The fourth-order valence-electron chi connectivity index (χ4n) is 2.82. The number of amides is 1. The number of morpholine rings is 1. The average molecular weight is 426 g/mol. The normalized spacial score (nSPS) is 14.1. The van der Waals surface area contributed by atoms with Crippen molar-refractivity contribution in [2.24, 2.45) is 0 Å². The van der Waals surface area contributed by atoms with E-state index in [9.17, 15) is 4.79 Å². The van der Waals surface area contributed by atoms with E-state index >= 15 is 0 Å². The van der Waals surface area contributed by atoms with Gasteiger partial charge in [-0.05, 0) is 17.7 Å². The second kappa shape index (κ2) is 8.91. The Bertz CT molecular complexity index is 889. The van der Waals surface area contributed by atoms with Crippen LogP contribution in [0.2, 0.25) is 10.0 Å². The van der Waals surface area contributed by atoms with Crippen LogP contribution in [0.1, 0.15) is 9.67 Å². The van der Waals surface area contributed by atoms with E-state index in [1.165, 1.54) is 11.3 Å². The molecule has 2 aromatic rings. The van der Waals surface area contributed by atoms with Gasteiger partial charge >= 0.3 is 0 Å². The maximum Gasteiger partial charge on any atom is 0.260 e. The maximum absolute atomic E-state index is 12.7. The number of carbonyl (C=O) groups excluding carboxylic acids is 1. The molecule has 9 heteroatoms. The first kappa shape index (κ1) is 19.9. The molecule has 0 saturated carbocycles. The molecule has 0 unspecified atom stereocenters. The van der Waals surface area contributed by atoms with Crippen molar-refractivity contribution in [3.63, 3.8) is 0 Å². The lowest BCUT2D eigenvalue weighted by atomic mass is 10.0. The van der Waals surface area contributed by atoms with Crippen LogP contribution in [0.4, 0.5) is 10.7 Å². The lowest BCUT2D eigenvalue weighted by Gasteiger charge is -2.28. The third kappa shape index (κ3) is 4.21. The molecule has 142 valence electrons. The van der Waals surface area contributed by atoms with Crippen molar-refractivity contribution in [3.8, 4) is 11.1 Å². The van der Waals surface area contributed by atoms with Crippen LogP contribution in [0.5, 0.6) is 0 Å². The summed E-state index contributed by atoms with van der Waals surface area (Å²) in [6.07, 6.45) is 0. The third-order valence-corrected chi connectivity index (χ3v) is 6.06. The highest BCUT2D eigenvalue weighted by Crippen LogP contribution is 2.49. The van der Waals surface area contributed by atoms with Crippen molar-refractivity contribution in [2.75, 3.05) is 44.4 Å². The van der Waals surface area contributed by atoms with Gasteiger partial charge in [0.05, 0.1) is 46.3 Å². The van der Waals surface area contributed by atoms with Crippen LogP contribution in [0, 0.1) is 6.57 Å². The van der Waals surface area contributed by atoms with Gasteiger partial charge in [-0.25, -0.2) is 4.85 Å². The summed E-state index contributed by atoms with van der Waals surface area (Å²) >= 11 is 13.5. The van der Waals surface area contributed by atoms with Crippen LogP contribution in [0.25, 0.3) is 16.0 Å². The SMILES string of the molecule is [C-]#[N+]c1c(N2CCOCC2)sc(C(=O)NCCO)c1-c1ccc(Cl)c(Cl)c1. The van der Waals surface area contributed by atoms with E-state index in [0.29, 0.717) is 58.0 Å². The number of anilines is 1. The van der Waals surface area contributed by atoms with Crippen LogP contribution < -0.4 is 10.2 Å². The van der Waals surface area contributed by atoms with E-state index in [0.717, 1.165) is 5.00 Å². The Morgan fingerprint density at radius 2 is 2.07 bits per heavy atom. The molecule has 0 atom stereocenters. The van der Waals surface area contributed by atoms with Gasteiger partial charge in [0, 0.05) is 25.2 Å². The molecule has 6 nitrogen and oxygen atoms in total. The number of hydrogen-bond acceptors (Lipinski definition) is 5.